The molecule has 0 aliphatic carbocycles. The fourth-order valence-electron chi connectivity index (χ4n) is 2.15. The number of rotatable bonds is 5. The number of carbonyl (C=O) groups is 1. The number of benzene rings is 2. The van der Waals surface area contributed by atoms with E-state index in [0.717, 1.165) is 0 Å². The minimum Gasteiger partial charge on any atom is -0.462 e. The topological polar surface area (TPSA) is 93.5 Å². The highest BCUT2D eigenvalue weighted by Gasteiger charge is 2.14. The molecule has 0 aliphatic rings. The lowest BCUT2D eigenvalue weighted by Crippen LogP contribution is -2.19. The normalized spacial score (nSPS) is 10.0. The van der Waals surface area contributed by atoms with Crippen LogP contribution in [0.4, 0.5) is 17.1 Å². The van der Waals surface area contributed by atoms with Crippen molar-refractivity contribution in [2.24, 2.45) is 0 Å². The quantitative estimate of drug-likeness (QED) is 0.362. The van der Waals surface area contributed by atoms with Gasteiger partial charge in [-0.2, -0.15) is 0 Å². The molecule has 0 bridgehead atoms. The van der Waals surface area contributed by atoms with Gasteiger partial charge in [-0.15, -0.1) is 0 Å². The Hall–Kier alpha value is -3.00. The van der Waals surface area contributed by atoms with Crippen LogP contribution < -0.4 is 10.6 Å². The number of nitrogens with one attached hydrogen (secondary N) is 2. The molecule has 2 aromatic rings. The fourth-order valence-corrected chi connectivity index (χ4v) is 2.37. The summed E-state index contributed by atoms with van der Waals surface area (Å²) in [5.41, 5.74) is 2.19. The lowest BCUT2D eigenvalue weighted by Gasteiger charge is -2.13. The Morgan fingerprint density at radius 2 is 1.88 bits per heavy atom. The Balaban J connectivity index is 2.05. The van der Waals surface area contributed by atoms with Crippen molar-refractivity contribution in [2.45, 2.75) is 13.8 Å². The van der Waals surface area contributed by atoms with Gasteiger partial charge in [0.05, 0.1) is 28.3 Å². The summed E-state index contributed by atoms with van der Waals surface area (Å²) in [4.78, 5) is 22.1. The number of esters is 1. The summed E-state index contributed by atoms with van der Waals surface area (Å²) in [6, 6.07) is 11.4. The molecule has 8 heteroatoms. The number of ether oxygens (including phenoxy) is 1. The Morgan fingerprint density at radius 3 is 2.48 bits per heavy atom. The third kappa shape index (κ3) is 4.74. The molecule has 0 unspecified atom stereocenters. The van der Waals surface area contributed by atoms with Crippen LogP contribution in [-0.4, -0.2) is 22.6 Å². The zero-order valence-electron chi connectivity index (χ0n) is 13.7. The van der Waals surface area contributed by atoms with Crippen LogP contribution >= 0.6 is 12.2 Å². The highest BCUT2D eigenvalue weighted by molar-refractivity contribution is 7.80. The number of nitro groups is 1. The molecule has 0 spiro atoms. The highest BCUT2D eigenvalue weighted by atomic mass is 32.1. The van der Waals surface area contributed by atoms with E-state index in [1.54, 1.807) is 50.2 Å². The van der Waals surface area contributed by atoms with Gasteiger partial charge >= 0.3 is 5.97 Å². The molecule has 0 aromatic heterocycles. The second-order valence-corrected chi connectivity index (χ2v) is 5.49. The van der Waals surface area contributed by atoms with E-state index in [0.29, 0.717) is 29.1 Å². The molecule has 25 heavy (non-hydrogen) atoms. The number of carbonyl (C=O) groups excluding carboxylic acids is 1. The highest BCUT2D eigenvalue weighted by Crippen LogP contribution is 2.25. The summed E-state index contributed by atoms with van der Waals surface area (Å²) >= 11 is 5.23. The van der Waals surface area contributed by atoms with Crippen LogP contribution in [0.2, 0.25) is 0 Å². The lowest BCUT2D eigenvalue weighted by atomic mass is 10.1. The van der Waals surface area contributed by atoms with Crippen molar-refractivity contribution >= 4 is 40.4 Å². The maximum absolute atomic E-state index is 11.6. The SMILES string of the molecule is CCOC(=O)c1ccc(NC(=S)Nc2cccc([N+](=O)[O-])c2C)cc1. The van der Waals surface area contributed by atoms with Gasteiger partial charge < -0.3 is 15.4 Å². The first kappa shape index (κ1) is 18.3. The van der Waals surface area contributed by atoms with Gasteiger partial charge in [-0.3, -0.25) is 10.1 Å². The molecule has 0 heterocycles. The minimum absolute atomic E-state index is 0.0200. The van der Waals surface area contributed by atoms with Crippen molar-refractivity contribution in [2.75, 3.05) is 17.2 Å². The molecule has 0 radical (unpaired) electrons. The molecule has 2 rings (SSSR count). The number of nitrogens with zero attached hydrogens (tertiary/aromatic N) is 1. The monoisotopic (exact) mass is 359 g/mol. The first-order chi connectivity index (χ1) is 11.9. The van der Waals surface area contributed by atoms with E-state index in [9.17, 15) is 14.9 Å². The smallest absolute Gasteiger partial charge is 0.338 e. The zero-order valence-corrected chi connectivity index (χ0v) is 14.6. The van der Waals surface area contributed by atoms with E-state index < -0.39 is 4.92 Å². The Morgan fingerprint density at radius 1 is 1.20 bits per heavy atom. The van der Waals surface area contributed by atoms with Crippen LogP contribution in [0.5, 0.6) is 0 Å². The molecule has 130 valence electrons. The van der Waals surface area contributed by atoms with Gasteiger partial charge in [0.15, 0.2) is 5.11 Å². The molecule has 0 saturated heterocycles. The summed E-state index contributed by atoms with van der Waals surface area (Å²) in [5, 5.41) is 17.2. The minimum atomic E-state index is -0.439. The van der Waals surface area contributed by atoms with Crippen LogP contribution in [-0.2, 0) is 4.74 Å². The van der Waals surface area contributed by atoms with E-state index in [1.165, 1.54) is 6.07 Å². The summed E-state index contributed by atoms with van der Waals surface area (Å²) in [6.07, 6.45) is 0. The average Bonchev–Trinajstić information content (AvgIpc) is 2.57. The zero-order chi connectivity index (χ0) is 18.4. The molecule has 7 nitrogen and oxygen atoms in total. The van der Waals surface area contributed by atoms with E-state index in [4.69, 9.17) is 17.0 Å². The Kier molecular flexibility index (Phi) is 6.02. The molecule has 2 N–H and O–H groups in total. The van der Waals surface area contributed by atoms with E-state index >= 15 is 0 Å². The fraction of sp³-hybridized carbons (Fsp3) is 0.176. The molecule has 0 aliphatic heterocycles. The van der Waals surface area contributed by atoms with E-state index in [2.05, 4.69) is 10.6 Å². The van der Waals surface area contributed by atoms with Gasteiger partial charge in [0.1, 0.15) is 0 Å². The molecule has 2 aromatic carbocycles. The van der Waals surface area contributed by atoms with Crippen LogP contribution in [0.15, 0.2) is 42.5 Å². The largest absolute Gasteiger partial charge is 0.462 e. The molecular formula is C17H17N3O4S. The van der Waals surface area contributed by atoms with Gasteiger partial charge in [0, 0.05) is 11.8 Å². The van der Waals surface area contributed by atoms with Crippen molar-refractivity contribution < 1.29 is 14.5 Å². The van der Waals surface area contributed by atoms with Gasteiger partial charge in [-0.05, 0) is 56.4 Å². The first-order valence-corrected chi connectivity index (χ1v) is 7.92. The van der Waals surface area contributed by atoms with Crippen molar-refractivity contribution in [3.05, 3.63) is 63.7 Å². The number of hydrogen-bond acceptors (Lipinski definition) is 5. The van der Waals surface area contributed by atoms with Gasteiger partial charge in [-0.1, -0.05) is 6.07 Å². The summed E-state index contributed by atoms with van der Waals surface area (Å²) < 4.78 is 4.92. The van der Waals surface area contributed by atoms with E-state index in [1.807, 2.05) is 0 Å². The average molecular weight is 359 g/mol. The standard InChI is InChI=1S/C17H17N3O4S/c1-3-24-16(21)12-7-9-13(10-8-12)18-17(25)19-14-5-4-6-15(11(14)2)20(22)23/h4-10H,3H2,1-2H3,(H2,18,19,25). The molecule has 0 saturated carbocycles. The third-order valence-corrected chi connectivity index (χ3v) is 3.61. The second kappa shape index (κ2) is 8.20. The van der Waals surface area contributed by atoms with Crippen molar-refractivity contribution in [1.29, 1.82) is 0 Å². The predicted molar refractivity (Wildman–Crippen MR) is 100 cm³/mol. The van der Waals surface area contributed by atoms with Crippen molar-refractivity contribution in [3.8, 4) is 0 Å². The molecular weight excluding hydrogens is 342 g/mol. The summed E-state index contributed by atoms with van der Waals surface area (Å²) in [6.45, 7) is 3.71. The van der Waals surface area contributed by atoms with Crippen LogP contribution in [0.25, 0.3) is 0 Å². The van der Waals surface area contributed by atoms with Gasteiger partial charge in [-0.25, -0.2) is 4.79 Å². The second-order valence-electron chi connectivity index (χ2n) is 5.08. The van der Waals surface area contributed by atoms with Crippen LogP contribution in [0.3, 0.4) is 0 Å². The number of anilines is 2. The molecule has 0 atom stereocenters. The van der Waals surface area contributed by atoms with E-state index in [-0.39, 0.29) is 16.8 Å². The first-order valence-electron chi connectivity index (χ1n) is 7.51. The molecule has 0 amide bonds. The molecule has 0 fully saturated rings. The number of hydrogen-bond donors (Lipinski definition) is 2. The summed E-state index contributed by atoms with van der Waals surface area (Å²) in [7, 11) is 0. The van der Waals surface area contributed by atoms with Gasteiger partial charge in [0.25, 0.3) is 5.69 Å². The lowest BCUT2D eigenvalue weighted by molar-refractivity contribution is -0.385. The predicted octanol–water partition coefficient (Wildman–Crippen LogP) is 3.89. The van der Waals surface area contributed by atoms with Crippen LogP contribution in [0.1, 0.15) is 22.8 Å². The van der Waals surface area contributed by atoms with Crippen molar-refractivity contribution in [1.82, 2.24) is 0 Å². The van der Waals surface area contributed by atoms with Crippen LogP contribution in [0, 0.1) is 17.0 Å². The maximum Gasteiger partial charge on any atom is 0.338 e. The van der Waals surface area contributed by atoms with Crippen molar-refractivity contribution in [3.63, 3.8) is 0 Å². The van der Waals surface area contributed by atoms with Gasteiger partial charge in [0.2, 0.25) is 0 Å². The Labute approximate surface area is 150 Å². The third-order valence-electron chi connectivity index (χ3n) is 3.40. The number of nitro benzene ring substituents is 1. The summed E-state index contributed by atoms with van der Waals surface area (Å²) in [5.74, 6) is -0.387. The number of thiocarbonyl (C=S) groups is 1. The Bertz CT molecular complexity index is 806. The maximum atomic E-state index is 11.6.